The van der Waals surface area contributed by atoms with Gasteiger partial charge in [-0.15, -0.1) is 0 Å². The number of phenolic OH excluding ortho intramolecular Hbond substituents is 1. The minimum absolute atomic E-state index is 0.113. The van der Waals surface area contributed by atoms with Gasteiger partial charge in [0.25, 0.3) is 0 Å². The van der Waals surface area contributed by atoms with E-state index < -0.39 is 0 Å². The average molecular weight is 447 g/mol. The first-order valence-corrected chi connectivity index (χ1v) is 11.9. The van der Waals surface area contributed by atoms with Crippen molar-refractivity contribution in [3.63, 3.8) is 0 Å². The highest BCUT2D eigenvalue weighted by molar-refractivity contribution is 5.53. The van der Waals surface area contributed by atoms with E-state index in [-0.39, 0.29) is 11.9 Å². The maximum Gasteiger partial charge on any atom is 0.123 e. The molecule has 0 radical (unpaired) electrons. The Morgan fingerprint density at radius 3 is 2.42 bits per heavy atom. The molecule has 1 saturated heterocycles. The third kappa shape index (κ3) is 5.14. The van der Waals surface area contributed by atoms with Gasteiger partial charge in [-0.3, -0.25) is 4.90 Å². The second-order valence-corrected chi connectivity index (χ2v) is 9.06. The summed E-state index contributed by atoms with van der Waals surface area (Å²) in [5, 5.41) is 9.98. The van der Waals surface area contributed by atoms with E-state index in [0.29, 0.717) is 5.75 Å². The Kier molecular flexibility index (Phi) is 6.49. The first-order chi connectivity index (χ1) is 16.2. The first-order valence-electron chi connectivity index (χ1n) is 11.9. The highest BCUT2D eigenvalue weighted by Crippen LogP contribution is 2.37. The predicted molar refractivity (Wildman–Crippen MR) is 130 cm³/mol. The zero-order chi connectivity index (χ0) is 22.6. The Morgan fingerprint density at radius 2 is 1.67 bits per heavy atom. The zero-order valence-electron chi connectivity index (χ0n) is 18.9. The second-order valence-electron chi connectivity index (χ2n) is 9.06. The largest absolute Gasteiger partial charge is 0.508 e. The lowest BCUT2D eigenvalue weighted by Crippen LogP contribution is -2.36. The Bertz CT molecular complexity index is 1060. The van der Waals surface area contributed by atoms with Crippen molar-refractivity contribution in [1.29, 1.82) is 0 Å². The van der Waals surface area contributed by atoms with E-state index in [4.69, 9.17) is 4.74 Å². The van der Waals surface area contributed by atoms with Crippen LogP contribution in [0.4, 0.5) is 10.1 Å². The van der Waals surface area contributed by atoms with Crippen LogP contribution in [0.15, 0.2) is 66.7 Å². The van der Waals surface area contributed by atoms with Gasteiger partial charge in [-0.1, -0.05) is 18.2 Å². The number of anilines is 1. The smallest absolute Gasteiger partial charge is 0.123 e. The molecule has 33 heavy (non-hydrogen) atoms. The van der Waals surface area contributed by atoms with Gasteiger partial charge in [0, 0.05) is 18.8 Å². The fourth-order valence-corrected chi connectivity index (χ4v) is 5.10. The van der Waals surface area contributed by atoms with Crippen LogP contribution in [0, 0.1) is 5.82 Å². The molecule has 1 atom stereocenters. The fourth-order valence-electron chi connectivity index (χ4n) is 5.10. The Balaban J connectivity index is 1.32. The third-order valence-electron chi connectivity index (χ3n) is 6.87. The summed E-state index contributed by atoms with van der Waals surface area (Å²) < 4.78 is 19.5. The number of hydrogen-bond acceptors (Lipinski definition) is 4. The van der Waals surface area contributed by atoms with Crippen molar-refractivity contribution in [2.75, 3.05) is 37.7 Å². The van der Waals surface area contributed by atoms with Crippen molar-refractivity contribution in [3.8, 4) is 11.5 Å². The molecule has 4 nitrogen and oxygen atoms in total. The number of hydrogen-bond donors (Lipinski definition) is 1. The molecule has 1 fully saturated rings. The fraction of sp³-hybridized carbons (Fsp3) is 0.357. The van der Waals surface area contributed by atoms with Crippen LogP contribution in [-0.2, 0) is 12.8 Å². The standard InChI is InChI=1S/C28H31FN2O2/c29-23-5-7-24(8-6-23)31-16-13-22-20-25(32)9-12-27(22)28(31)19-21-3-10-26(11-4-21)33-18-17-30-14-1-2-15-30/h3-12,20,28,32H,1-2,13-19H2. The molecule has 3 aromatic rings. The number of ether oxygens (including phenoxy) is 1. The van der Waals surface area contributed by atoms with Crippen molar-refractivity contribution < 1.29 is 14.2 Å². The molecular weight excluding hydrogens is 415 g/mol. The highest BCUT2D eigenvalue weighted by Gasteiger charge is 2.28. The summed E-state index contributed by atoms with van der Waals surface area (Å²) in [7, 11) is 0. The molecule has 2 heterocycles. The molecule has 0 amide bonds. The third-order valence-corrected chi connectivity index (χ3v) is 6.87. The van der Waals surface area contributed by atoms with Gasteiger partial charge >= 0.3 is 0 Å². The molecule has 2 aliphatic rings. The van der Waals surface area contributed by atoms with E-state index in [2.05, 4.69) is 34.1 Å². The topological polar surface area (TPSA) is 35.9 Å². The zero-order valence-corrected chi connectivity index (χ0v) is 18.9. The Labute approximate surface area is 195 Å². The van der Waals surface area contributed by atoms with Crippen LogP contribution in [0.1, 0.15) is 35.6 Å². The van der Waals surface area contributed by atoms with E-state index in [0.717, 1.165) is 44.0 Å². The minimum Gasteiger partial charge on any atom is -0.508 e. The van der Waals surface area contributed by atoms with Crippen molar-refractivity contribution in [1.82, 2.24) is 4.90 Å². The number of halogens is 1. The number of nitrogens with zero attached hydrogens (tertiary/aromatic N) is 2. The number of phenols is 1. The molecule has 1 unspecified atom stereocenters. The Morgan fingerprint density at radius 1 is 0.909 bits per heavy atom. The van der Waals surface area contributed by atoms with E-state index in [1.807, 2.05) is 24.3 Å². The highest BCUT2D eigenvalue weighted by atomic mass is 19.1. The molecule has 3 aromatic carbocycles. The van der Waals surface area contributed by atoms with Gasteiger partial charge in [0.1, 0.15) is 23.9 Å². The number of likely N-dealkylation sites (tertiary alicyclic amines) is 1. The van der Waals surface area contributed by atoms with Gasteiger partial charge in [0.05, 0.1) is 6.04 Å². The van der Waals surface area contributed by atoms with Crippen LogP contribution < -0.4 is 9.64 Å². The van der Waals surface area contributed by atoms with Crippen LogP contribution in [0.3, 0.4) is 0 Å². The van der Waals surface area contributed by atoms with E-state index >= 15 is 0 Å². The molecule has 0 aliphatic carbocycles. The van der Waals surface area contributed by atoms with Crippen molar-refractivity contribution >= 4 is 5.69 Å². The SMILES string of the molecule is Oc1ccc2c(c1)CCN(c1ccc(F)cc1)C2Cc1ccc(OCCN2CCCC2)cc1. The number of aromatic hydroxyl groups is 1. The molecule has 1 N–H and O–H groups in total. The summed E-state index contributed by atoms with van der Waals surface area (Å²) in [5.41, 5.74) is 4.64. The Hall–Kier alpha value is -3.05. The van der Waals surface area contributed by atoms with Gasteiger partial charge in [0.15, 0.2) is 0 Å². The summed E-state index contributed by atoms with van der Waals surface area (Å²) in [6, 6.07) is 20.9. The van der Waals surface area contributed by atoms with Crippen LogP contribution in [0.25, 0.3) is 0 Å². The summed E-state index contributed by atoms with van der Waals surface area (Å²) in [5.74, 6) is 0.985. The quantitative estimate of drug-likeness (QED) is 0.531. The molecule has 2 aliphatic heterocycles. The van der Waals surface area contributed by atoms with Gasteiger partial charge in [-0.05, 0) is 104 Å². The van der Waals surface area contributed by atoms with Crippen molar-refractivity contribution in [2.24, 2.45) is 0 Å². The maximum absolute atomic E-state index is 13.5. The van der Waals surface area contributed by atoms with Gasteiger partial charge in [-0.25, -0.2) is 4.39 Å². The second kappa shape index (κ2) is 9.84. The lowest BCUT2D eigenvalue weighted by atomic mass is 9.88. The van der Waals surface area contributed by atoms with E-state index in [1.54, 1.807) is 6.07 Å². The summed E-state index contributed by atoms with van der Waals surface area (Å²) in [4.78, 5) is 4.80. The normalized spacial score (nSPS) is 18.3. The van der Waals surface area contributed by atoms with E-state index in [1.165, 1.54) is 54.8 Å². The first kappa shape index (κ1) is 21.8. The van der Waals surface area contributed by atoms with Crippen LogP contribution >= 0.6 is 0 Å². The van der Waals surface area contributed by atoms with Crippen molar-refractivity contribution in [2.45, 2.75) is 31.7 Å². The minimum atomic E-state index is -0.224. The summed E-state index contributed by atoms with van der Waals surface area (Å²) in [6.07, 6.45) is 4.27. The molecule has 0 aromatic heterocycles. The average Bonchev–Trinajstić information content (AvgIpc) is 3.34. The molecule has 5 rings (SSSR count). The molecular formula is C28H31FN2O2. The summed E-state index contributed by atoms with van der Waals surface area (Å²) >= 11 is 0. The lowest BCUT2D eigenvalue weighted by molar-refractivity contribution is 0.238. The van der Waals surface area contributed by atoms with Gasteiger partial charge < -0.3 is 14.7 Å². The molecule has 0 saturated carbocycles. The number of fused-ring (bicyclic) bond motifs is 1. The van der Waals surface area contributed by atoms with Crippen molar-refractivity contribution in [3.05, 3.63) is 89.2 Å². The van der Waals surface area contributed by atoms with E-state index in [9.17, 15) is 9.50 Å². The van der Waals surface area contributed by atoms with Crippen LogP contribution in [-0.4, -0.2) is 42.8 Å². The maximum atomic E-state index is 13.5. The van der Waals surface area contributed by atoms with Crippen LogP contribution in [0.2, 0.25) is 0 Å². The predicted octanol–water partition coefficient (Wildman–Crippen LogP) is 5.35. The molecule has 0 bridgehead atoms. The van der Waals surface area contributed by atoms with Crippen LogP contribution in [0.5, 0.6) is 11.5 Å². The molecule has 0 spiro atoms. The monoisotopic (exact) mass is 446 g/mol. The number of benzene rings is 3. The van der Waals surface area contributed by atoms with Gasteiger partial charge in [0.2, 0.25) is 0 Å². The number of rotatable bonds is 7. The lowest BCUT2D eigenvalue weighted by Gasteiger charge is -2.39. The molecule has 5 heteroatoms. The van der Waals surface area contributed by atoms with Gasteiger partial charge in [-0.2, -0.15) is 0 Å². The molecule has 172 valence electrons. The summed E-state index contributed by atoms with van der Waals surface area (Å²) in [6.45, 7) is 4.91.